The van der Waals surface area contributed by atoms with Crippen LogP contribution in [0.4, 0.5) is 0 Å². The molecule has 0 bridgehead atoms. The Bertz CT molecular complexity index is 499. The van der Waals surface area contributed by atoms with E-state index in [1.165, 1.54) is 32.1 Å². The molecule has 0 radical (unpaired) electrons. The topological polar surface area (TPSA) is 64.6 Å². The molecule has 3 atom stereocenters. The Morgan fingerprint density at radius 3 is 1.79 bits per heavy atom. The van der Waals surface area contributed by atoms with Crippen molar-refractivity contribution in [1.82, 2.24) is 0 Å². The molecule has 3 unspecified atom stereocenters. The van der Waals surface area contributed by atoms with Gasteiger partial charge in [-0.1, -0.05) is 45.4 Å². The molecule has 0 aromatic heterocycles. The lowest BCUT2D eigenvalue weighted by Gasteiger charge is -2.69. The third kappa shape index (κ3) is 3.73. The molecule has 3 fully saturated rings. The molecule has 0 aromatic rings. The predicted octanol–water partition coefficient (Wildman–Crippen LogP) is 3.61. The highest BCUT2D eigenvalue weighted by Gasteiger charge is 2.82. The van der Waals surface area contributed by atoms with Gasteiger partial charge in [0.05, 0.1) is 19.8 Å². The molecular weight excluding hydrogens is 392 g/mol. The zero-order valence-electron chi connectivity index (χ0n) is 18.8. The molecule has 0 saturated carbocycles. The van der Waals surface area contributed by atoms with Gasteiger partial charge in [0.2, 0.25) is 0 Å². The second-order valence-corrected chi connectivity index (χ2v) is 11.5. The van der Waals surface area contributed by atoms with Gasteiger partial charge in [-0.05, 0) is 6.42 Å². The van der Waals surface area contributed by atoms with E-state index in [2.05, 4.69) is 6.92 Å². The zero-order valence-corrected chi connectivity index (χ0v) is 19.8. The largest absolute Gasteiger partial charge is 0.539 e. The van der Waals surface area contributed by atoms with Crippen LogP contribution in [-0.2, 0) is 32.2 Å². The number of hydrogen-bond donors (Lipinski definition) is 0. The molecule has 3 aliphatic heterocycles. The quantitative estimate of drug-likeness (QED) is 0.222. The van der Waals surface area contributed by atoms with Gasteiger partial charge >= 0.3 is 8.80 Å². The molecule has 0 aliphatic carbocycles. The van der Waals surface area contributed by atoms with Gasteiger partial charge < -0.3 is 32.2 Å². The molecular formula is C21H40O7Si. The van der Waals surface area contributed by atoms with Gasteiger partial charge in [0.15, 0.2) is 5.22 Å². The summed E-state index contributed by atoms with van der Waals surface area (Å²) in [6.07, 6.45) is 11.2. The number of methoxy groups -OCH3 is 1. The minimum Gasteiger partial charge on any atom is -0.375 e. The smallest absolute Gasteiger partial charge is 0.375 e. The van der Waals surface area contributed by atoms with Crippen molar-refractivity contribution < 1.29 is 32.2 Å². The van der Waals surface area contributed by atoms with Gasteiger partial charge in [-0.15, -0.1) is 0 Å². The van der Waals surface area contributed by atoms with Gasteiger partial charge in [0, 0.05) is 40.6 Å². The lowest BCUT2D eigenvalue weighted by Crippen LogP contribution is -2.88. The average Bonchev–Trinajstić information content (AvgIpc) is 2.64. The van der Waals surface area contributed by atoms with Crippen LogP contribution in [0.25, 0.3) is 0 Å². The molecule has 0 amide bonds. The Labute approximate surface area is 177 Å². The van der Waals surface area contributed by atoms with Crippen molar-refractivity contribution in [3.05, 3.63) is 0 Å². The van der Waals surface area contributed by atoms with Crippen LogP contribution >= 0.6 is 0 Å². The number of ether oxygens (including phenoxy) is 4. The summed E-state index contributed by atoms with van der Waals surface area (Å²) >= 11 is 0. The Kier molecular flexibility index (Phi) is 8.17. The lowest BCUT2D eigenvalue weighted by atomic mass is 9.64. The highest BCUT2D eigenvalue weighted by atomic mass is 28.4. The van der Waals surface area contributed by atoms with Crippen molar-refractivity contribution in [2.45, 2.75) is 87.6 Å². The first-order valence-electron chi connectivity index (χ1n) is 11.3. The van der Waals surface area contributed by atoms with Crippen LogP contribution in [0.15, 0.2) is 0 Å². The molecule has 0 spiro atoms. The van der Waals surface area contributed by atoms with E-state index < -0.39 is 19.6 Å². The van der Waals surface area contributed by atoms with Crippen molar-refractivity contribution in [3.63, 3.8) is 0 Å². The van der Waals surface area contributed by atoms with Crippen molar-refractivity contribution >= 4 is 8.80 Å². The summed E-state index contributed by atoms with van der Waals surface area (Å²) < 4.78 is 42.3. The summed E-state index contributed by atoms with van der Waals surface area (Å²) in [6, 6.07) is 0. The van der Waals surface area contributed by atoms with Gasteiger partial charge in [-0.2, -0.15) is 0 Å². The third-order valence-corrected chi connectivity index (χ3v) is 10.6. The van der Waals surface area contributed by atoms with E-state index in [-0.39, 0.29) is 12.4 Å². The Morgan fingerprint density at radius 2 is 1.38 bits per heavy atom. The molecule has 3 saturated heterocycles. The summed E-state index contributed by atoms with van der Waals surface area (Å²) in [4.78, 5) is 0. The molecule has 0 aromatic carbocycles. The fourth-order valence-corrected chi connectivity index (χ4v) is 8.68. The molecule has 29 heavy (non-hydrogen) atoms. The fraction of sp³-hybridized carbons (Fsp3) is 1.00. The van der Waals surface area contributed by atoms with Gasteiger partial charge in [0.1, 0.15) is 18.0 Å². The molecule has 3 aliphatic rings. The van der Waals surface area contributed by atoms with E-state index >= 15 is 0 Å². The summed E-state index contributed by atoms with van der Waals surface area (Å²) in [5.74, 6) is 0. The van der Waals surface area contributed by atoms with E-state index in [0.29, 0.717) is 13.2 Å². The fourth-order valence-electron chi connectivity index (χ4n) is 5.51. The van der Waals surface area contributed by atoms with Crippen LogP contribution in [0.5, 0.6) is 0 Å². The average molecular weight is 433 g/mol. The molecule has 8 heteroatoms. The predicted molar refractivity (Wildman–Crippen MR) is 111 cm³/mol. The van der Waals surface area contributed by atoms with Gasteiger partial charge in [-0.3, -0.25) is 0 Å². The van der Waals surface area contributed by atoms with Crippen molar-refractivity contribution in [1.29, 1.82) is 0 Å². The van der Waals surface area contributed by atoms with Crippen LogP contribution in [0.1, 0.15) is 71.1 Å². The van der Waals surface area contributed by atoms with Crippen molar-refractivity contribution in [2.24, 2.45) is 0 Å². The third-order valence-electron chi connectivity index (χ3n) is 7.21. The second kappa shape index (κ2) is 10.0. The summed E-state index contributed by atoms with van der Waals surface area (Å²) in [7, 11) is 1.64. The van der Waals surface area contributed by atoms with E-state index in [1.54, 1.807) is 21.3 Å². The standard InChI is InChI=1S/C21H40O7Si/c1-5-6-7-8-9-10-11-19(12-15-25-19)20(13-16-26-20)21(14-17-27-21)29(23-3,24-4)28-18-22-2/h5-18H2,1-4H3. The van der Waals surface area contributed by atoms with Crippen molar-refractivity contribution in [2.75, 3.05) is 47.9 Å². The Morgan fingerprint density at radius 1 is 0.793 bits per heavy atom. The highest BCUT2D eigenvalue weighted by molar-refractivity contribution is 6.64. The Hall–Kier alpha value is -0.0631. The van der Waals surface area contributed by atoms with Crippen LogP contribution in [0.2, 0.25) is 0 Å². The normalized spacial score (nSPS) is 34.3. The maximum atomic E-state index is 6.42. The minimum absolute atomic E-state index is 0.0976. The SMILES string of the molecule is CCCCCCCCC1(C2(C3([Si](OC)(OC)OCOC)CCO3)CCO2)CCO1. The zero-order chi connectivity index (χ0) is 20.8. The maximum Gasteiger partial charge on any atom is 0.539 e. The molecule has 3 heterocycles. The summed E-state index contributed by atoms with van der Waals surface area (Å²) in [6.45, 7) is 4.47. The number of hydrogen-bond acceptors (Lipinski definition) is 7. The molecule has 3 rings (SSSR count). The molecule has 170 valence electrons. The first kappa shape index (κ1) is 23.6. The lowest BCUT2D eigenvalue weighted by molar-refractivity contribution is -0.387. The molecule has 7 nitrogen and oxygen atoms in total. The summed E-state index contributed by atoms with van der Waals surface area (Å²) in [5, 5.41) is -0.747. The van der Waals surface area contributed by atoms with E-state index in [4.69, 9.17) is 32.2 Å². The van der Waals surface area contributed by atoms with Gasteiger partial charge in [-0.25, -0.2) is 0 Å². The molecule has 0 N–H and O–H groups in total. The maximum absolute atomic E-state index is 6.42. The minimum atomic E-state index is -3.25. The summed E-state index contributed by atoms with van der Waals surface area (Å²) in [5.41, 5.74) is -0.923. The van der Waals surface area contributed by atoms with Crippen LogP contribution in [-0.4, -0.2) is 73.2 Å². The first-order chi connectivity index (χ1) is 14.1. The highest BCUT2D eigenvalue weighted by Crippen LogP contribution is 2.61. The first-order valence-corrected chi connectivity index (χ1v) is 13.0. The Balaban J connectivity index is 1.80. The van der Waals surface area contributed by atoms with E-state index in [1.807, 2.05) is 0 Å². The monoisotopic (exact) mass is 432 g/mol. The van der Waals surface area contributed by atoms with E-state index in [9.17, 15) is 0 Å². The van der Waals surface area contributed by atoms with Crippen LogP contribution in [0.3, 0.4) is 0 Å². The van der Waals surface area contributed by atoms with Crippen molar-refractivity contribution in [3.8, 4) is 0 Å². The van der Waals surface area contributed by atoms with Gasteiger partial charge in [0.25, 0.3) is 0 Å². The second-order valence-electron chi connectivity index (χ2n) is 8.48. The number of rotatable bonds is 15. The number of unbranched alkanes of at least 4 members (excludes halogenated alkanes) is 5. The van der Waals surface area contributed by atoms with Crippen LogP contribution < -0.4 is 0 Å². The van der Waals surface area contributed by atoms with Crippen LogP contribution in [0, 0.1) is 0 Å². The van der Waals surface area contributed by atoms with E-state index in [0.717, 1.165) is 38.7 Å².